The highest BCUT2D eigenvalue weighted by molar-refractivity contribution is 7.14. The predicted molar refractivity (Wildman–Crippen MR) is 77.3 cm³/mol. The lowest BCUT2D eigenvalue weighted by Crippen LogP contribution is -2.07. The zero-order valence-electron chi connectivity index (χ0n) is 10.8. The molecule has 18 heavy (non-hydrogen) atoms. The van der Waals surface area contributed by atoms with Crippen molar-refractivity contribution in [1.82, 2.24) is 9.97 Å². The maximum Gasteiger partial charge on any atom is 0.183 e. The Morgan fingerprint density at radius 2 is 1.94 bits per heavy atom. The molecule has 0 radical (unpaired) electrons. The number of nitrogens with one attached hydrogen (secondary N) is 1. The van der Waals surface area contributed by atoms with Crippen LogP contribution in [0.25, 0.3) is 11.4 Å². The molecule has 0 aliphatic carbocycles. The number of hydrogen-bond acceptors (Lipinski definition) is 6. The van der Waals surface area contributed by atoms with E-state index in [0.717, 1.165) is 28.1 Å². The van der Waals surface area contributed by atoms with Gasteiger partial charge in [-0.05, 0) is 5.92 Å². The summed E-state index contributed by atoms with van der Waals surface area (Å²) >= 11 is 3.22. The summed E-state index contributed by atoms with van der Waals surface area (Å²) < 4.78 is 5.06. The summed E-state index contributed by atoms with van der Waals surface area (Å²) in [5.74, 6) is 0.616. The van der Waals surface area contributed by atoms with E-state index in [2.05, 4.69) is 29.1 Å². The van der Waals surface area contributed by atoms with E-state index in [4.69, 9.17) is 4.74 Å². The number of nitrogens with zero attached hydrogens (tertiary/aromatic N) is 2. The van der Waals surface area contributed by atoms with Crippen LogP contribution in [0, 0.1) is 5.92 Å². The van der Waals surface area contributed by atoms with E-state index in [1.54, 1.807) is 29.8 Å². The van der Waals surface area contributed by atoms with Gasteiger partial charge in [0.1, 0.15) is 16.4 Å². The van der Waals surface area contributed by atoms with Crippen LogP contribution >= 0.6 is 22.7 Å². The smallest absolute Gasteiger partial charge is 0.183 e. The van der Waals surface area contributed by atoms with Crippen molar-refractivity contribution in [2.45, 2.75) is 20.5 Å². The predicted octanol–water partition coefficient (Wildman–Crippen LogP) is 3.48. The van der Waals surface area contributed by atoms with Crippen molar-refractivity contribution in [3.8, 4) is 11.4 Å². The Morgan fingerprint density at radius 1 is 1.22 bits per heavy atom. The summed E-state index contributed by atoms with van der Waals surface area (Å²) in [6, 6.07) is 0. The molecule has 0 atom stereocenters. The molecule has 4 nitrogen and oxygen atoms in total. The molecular weight excluding hydrogens is 266 g/mol. The van der Waals surface area contributed by atoms with E-state index in [9.17, 15) is 0 Å². The molecule has 0 aliphatic heterocycles. The molecule has 2 heterocycles. The number of aromatic nitrogens is 2. The van der Waals surface area contributed by atoms with Gasteiger partial charge in [-0.15, -0.1) is 22.7 Å². The summed E-state index contributed by atoms with van der Waals surface area (Å²) in [6.07, 6.45) is 0. The first-order valence-electron chi connectivity index (χ1n) is 5.82. The molecule has 0 amide bonds. The second-order valence-electron chi connectivity index (χ2n) is 4.37. The first kappa shape index (κ1) is 13.5. The highest BCUT2D eigenvalue weighted by Gasteiger charge is 2.08. The van der Waals surface area contributed by atoms with Crippen molar-refractivity contribution in [2.24, 2.45) is 5.92 Å². The van der Waals surface area contributed by atoms with Crippen LogP contribution < -0.4 is 5.32 Å². The molecule has 2 aromatic rings. The minimum absolute atomic E-state index is 0.563. The fourth-order valence-electron chi connectivity index (χ4n) is 1.38. The molecule has 0 saturated heterocycles. The van der Waals surface area contributed by atoms with Gasteiger partial charge in [0.25, 0.3) is 0 Å². The molecule has 0 unspecified atom stereocenters. The maximum absolute atomic E-state index is 5.06. The summed E-state index contributed by atoms with van der Waals surface area (Å²) in [7, 11) is 1.68. The zero-order valence-corrected chi connectivity index (χ0v) is 12.4. The lowest BCUT2D eigenvalue weighted by molar-refractivity contribution is 0.184. The molecule has 6 heteroatoms. The molecule has 0 aromatic carbocycles. The van der Waals surface area contributed by atoms with E-state index < -0.39 is 0 Å². The van der Waals surface area contributed by atoms with Crippen molar-refractivity contribution < 1.29 is 4.74 Å². The largest absolute Gasteiger partial charge is 0.378 e. The molecule has 2 aromatic heterocycles. The Morgan fingerprint density at radius 3 is 2.67 bits per heavy atom. The van der Waals surface area contributed by atoms with Gasteiger partial charge in [-0.3, -0.25) is 0 Å². The van der Waals surface area contributed by atoms with Crippen LogP contribution in [0.5, 0.6) is 0 Å². The topological polar surface area (TPSA) is 47.0 Å². The SMILES string of the molecule is COCc1nc(-c2csc(NCC(C)C)n2)cs1. The number of hydrogen-bond donors (Lipinski definition) is 1. The van der Waals surface area contributed by atoms with Crippen molar-refractivity contribution >= 4 is 27.8 Å². The summed E-state index contributed by atoms with van der Waals surface area (Å²) in [4.78, 5) is 9.03. The van der Waals surface area contributed by atoms with Crippen LogP contribution in [0.1, 0.15) is 18.9 Å². The average molecular weight is 283 g/mol. The third-order valence-corrected chi connectivity index (χ3v) is 3.87. The van der Waals surface area contributed by atoms with Crippen molar-refractivity contribution in [1.29, 1.82) is 0 Å². The van der Waals surface area contributed by atoms with Crippen LogP contribution in [0.3, 0.4) is 0 Å². The minimum Gasteiger partial charge on any atom is -0.378 e. The van der Waals surface area contributed by atoms with Gasteiger partial charge in [-0.1, -0.05) is 13.8 Å². The van der Waals surface area contributed by atoms with Gasteiger partial charge in [0.15, 0.2) is 5.13 Å². The van der Waals surface area contributed by atoms with Gasteiger partial charge in [-0.2, -0.15) is 0 Å². The number of ether oxygens (including phenoxy) is 1. The Labute approximate surface area is 115 Å². The third kappa shape index (κ3) is 3.51. The summed E-state index contributed by atoms with van der Waals surface area (Å²) in [5.41, 5.74) is 1.87. The highest BCUT2D eigenvalue weighted by Crippen LogP contribution is 2.26. The Kier molecular flexibility index (Phi) is 4.68. The molecule has 2 rings (SSSR count). The third-order valence-electron chi connectivity index (χ3n) is 2.25. The van der Waals surface area contributed by atoms with E-state index in [1.807, 2.05) is 10.8 Å². The number of anilines is 1. The van der Waals surface area contributed by atoms with Crippen molar-refractivity contribution in [3.05, 3.63) is 15.8 Å². The first-order chi connectivity index (χ1) is 8.69. The van der Waals surface area contributed by atoms with Crippen molar-refractivity contribution in [2.75, 3.05) is 19.0 Å². The van der Waals surface area contributed by atoms with Gasteiger partial charge in [0, 0.05) is 24.4 Å². The van der Waals surface area contributed by atoms with Gasteiger partial charge in [-0.25, -0.2) is 9.97 Å². The molecule has 0 bridgehead atoms. The highest BCUT2D eigenvalue weighted by atomic mass is 32.1. The van der Waals surface area contributed by atoms with E-state index in [-0.39, 0.29) is 0 Å². The lowest BCUT2D eigenvalue weighted by Gasteiger charge is -2.04. The van der Waals surface area contributed by atoms with E-state index in [1.165, 1.54) is 0 Å². The van der Waals surface area contributed by atoms with E-state index >= 15 is 0 Å². The van der Waals surface area contributed by atoms with Crippen molar-refractivity contribution in [3.63, 3.8) is 0 Å². The van der Waals surface area contributed by atoms with Crippen LogP contribution in [-0.4, -0.2) is 23.6 Å². The second-order valence-corrected chi connectivity index (χ2v) is 6.17. The molecule has 0 aliphatic rings. The molecule has 0 spiro atoms. The summed E-state index contributed by atoms with van der Waals surface area (Å²) in [5, 5.41) is 9.33. The average Bonchev–Trinajstić information content (AvgIpc) is 2.94. The van der Waals surface area contributed by atoms with E-state index in [0.29, 0.717) is 12.5 Å². The normalized spacial score (nSPS) is 11.1. The molecule has 98 valence electrons. The van der Waals surface area contributed by atoms with Gasteiger partial charge in [0.05, 0.1) is 6.61 Å². The van der Waals surface area contributed by atoms with Gasteiger partial charge in [0.2, 0.25) is 0 Å². The van der Waals surface area contributed by atoms with Crippen LogP contribution in [0.15, 0.2) is 10.8 Å². The monoisotopic (exact) mass is 283 g/mol. The second kappa shape index (κ2) is 6.26. The van der Waals surface area contributed by atoms with Crippen LogP contribution in [0.4, 0.5) is 5.13 Å². The Balaban J connectivity index is 2.04. The Bertz CT molecular complexity index is 493. The standard InChI is InChI=1S/C12H17N3OS2/c1-8(2)4-13-12-15-10(7-18-12)9-6-17-11(14-9)5-16-3/h6-8H,4-5H2,1-3H3,(H,13,15). The molecule has 0 saturated carbocycles. The molecule has 1 N–H and O–H groups in total. The fourth-order valence-corrected chi connectivity index (χ4v) is 2.85. The van der Waals surface area contributed by atoms with Gasteiger partial charge < -0.3 is 10.1 Å². The minimum atomic E-state index is 0.563. The van der Waals surface area contributed by atoms with Crippen LogP contribution in [-0.2, 0) is 11.3 Å². The number of rotatable bonds is 6. The first-order valence-corrected chi connectivity index (χ1v) is 7.58. The quantitative estimate of drug-likeness (QED) is 0.881. The zero-order chi connectivity index (χ0) is 13.0. The van der Waals surface area contributed by atoms with Crippen LogP contribution in [0.2, 0.25) is 0 Å². The molecule has 0 fully saturated rings. The summed E-state index contributed by atoms with van der Waals surface area (Å²) in [6.45, 7) is 5.87. The Hall–Kier alpha value is -0.980. The maximum atomic E-state index is 5.06. The number of methoxy groups -OCH3 is 1. The fraction of sp³-hybridized carbons (Fsp3) is 0.500. The molecular formula is C12H17N3OS2. The number of thiazole rings is 2. The lowest BCUT2D eigenvalue weighted by atomic mass is 10.2. The van der Waals surface area contributed by atoms with Gasteiger partial charge >= 0.3 is 0 Å².